The maximum Gasteiger partial charge on any atom is 0.257 e. The standard InChI is InChI=1S/C15H15ClN2O2/c16-12-6-14(20-13-8-17-9-13)15(18-7-12)19-10-11-4-2-1-3-5-11/h1-7,13,17H,8-10H2. The number of rotatable bonds is 5. The molecule has 1 aromatic heterocycles. The average molecular weight is 291 g/mol. The molecule has 0 bridgehead atoms. The summed E-state index contributed by atoms with van der Waals surface area (Å²) in [6.07, 6.45) is 1.72. The lowest BCUT2D eigenvalue weighted by molar-refractivity contribution is 0.133. The van der Waals surface area contributed by atoms with Gasteiger partial charge in [-0.1, -0.05) is 41.9 Å². The van der Waals surface area contributed by atoms with Gasteiger partial charge in [0.05, 0.1) is 5.02 Å². The Hall–Kier alpha value is -1.78. The van der Waals surface area contributed by atoms with Crippen molar-refractivity contribution in [2.45, 2.75) is 12.7 Å². The maximum absolute atomic E-state index is 5.96. The van der Waals surface area contributed by atoms with Crippen LogP contribution in [0.2, 0.25) is 5.02 Å². The van der Waals surface area contributed by atoms with Crippen LogP contribution in [0.25, 0.3) is 0 Å². The van der Waals surface area contributed by atoms with Crippen molar-refractivity contribution in [3.05, 3.63) is 53.2 Å². The van der Waals surface area contributed by atoms with Crippen LogP contribution in [0.5, 0.6) is 11.6 Å². The summed E-state index contributed by atoms with van der Waals surface area (Å²) < 4.78 is 11.5. The van der Waals surface area contributed by atoms with Gasteiger partial charge in [-0.15, -0.1) is 0 Å². The maximum atomic E-state index is 5.96. The van der Waals surface area contributed by atoms with Crippen LogP contribution in [0.3, 0.4) is 0 Å². The van der Waals surface area contributed by atoms with E-state index in [1.807, 2.05) is 30.3 Å². The van der Waals surface area contributed by atoms with E-state index in [2.05, 4.69) is 10.3 Å². The number of nitrogens with zero attached hydrogens (tertiary/aromatic N) is 1. The Morgan fingerprint density at radius 3 is 2.75 bits per heavy atom. The molecule has 20 heavy (non-hydrogen) atoms. The molecule has 1 aliphatic heterocycles. The van der Waals surface area contributed by atoms with Gasteiger partial charge in [-0.05, 0) is 5.56 Å². The number of hydrogen-bond donors (Lipinski definition) is 1. The monoisotopic (exact) mass is 290 g/mol. The number of halogens is 1. The lowest BCUT2D eigenvalue weighted by Gasteiger charge is -2.28. The Balaban J connectivity index is 1.71. The summed E-state index contributed by atoms with van der Waals surface area (Å²) in [4.78, 5) is 4.21. The smallest absolute Gasteiger partial charge is 0.257 e. The van der Waals surface area contributed by atoms with Gasteiger partial charge in [0.2, 0.25) is 0 Å². The fraction of sp³-hybridized carbons (Fsp3) is 0.267. The van der Waals surface area contributed by atoms with E-state index >= 15 is 0 Å². The molecule has 1 saturated heterocycles. The summed E-state index contributed by atoms with van der Waals surface area (Å²) in [5, 5.41) is 3.70. The highest BCUT2D eigenvalue weighted by atomic mass is 35.5. The van der Waals surface area contributed by atoms with Gasteiger partial charge in [0, 0.05) is 25.4 Å². The Morgan fingerprint density at radius 1 is 1.25 bits per heavy atom. The predicted octanol–water partition coefficient (Wildman–Crippen LogP) is 2.66. The van der Waals surface area contributed by atoms with Crippen molar-refractivity contribution >= 4 is 11.6 Å². The highest BCUT2D eigenvalue weighted by Gasteiger charge is 2.21. The molecule has 2 heterocycles. The molecule has 2 aromatic rings. The summed E-state index contributed by atoms with van der Waals surface area (Å²) in [5.74, 6) is 1.07. The van der Waals surface area contributed by atoms with Crippen LogP contribution in [0.15, 0.2) is 42.6 Å². The zero-order valence-corrected chi connectivity index (χ0v) is 11.6. The molecule has 0 unspecified atom stereocenters. The van der Waals surface area contributed by atoms with Crippen LogP contribution in [0.4, 0.5) is 0 Å². The van der Waals surface area contributed by atoms with Crippen molar-refractivity contribution in [2.24, 2.45) is 0 Å². The highest BCUT2D eigenvalue weighted by molar-refractivity contribution is 6.30. The first-order chi connectivity index (χ1) is 9.81. The van der Waals surface area contributed by atoms with Crippen molar-refractivity contribution < 1.29 is 9.47 Å². The van der Waals surface area contributed by atoms with Gasteiger partial charge in [-0.3, -0.25) is 0 Å². The second kappa shape index (κ2) is 6.11. The van der Waals surface area contributed by atoms with Gasteiger partial charge in [0.15, 0.2) is 5.75 Å². The van der Waals surface area contributed by atoms with Crippen molar-refractivity contribution in [3.63, 3.8) is 0 Å². The van der Waals surface area contributed by atoms with E-state index in [9.17, 15) is 0 Å². The Kier molecular flexibility index (Phi) is 4.04. The largest absolute Gasteiger partial charge is 0.482 e. The molecule has 1 aromatic carbocycles. The molecule has 0 amide bonds. The van der Waals surface area contributed by atoms with Crippen LogP contribution in [-0.4, -0.2) is 24.2 Å². The van der Waals surface area contributed by atoms with Crippen LogP contribution in [0.1, 0.15) is 5.56 Å². The molecule has 4 nitrogen and oxygen atoms in total. The zero-order chi connectivity index (χ0) is 13.8. The molecular weight excluding hydrogens is 276 g/mol. The molecule has 0 aliphatic carbocycles. The predicted molar refractivity (Wildman–Crippen MR) is 77.3 cm³/mol. The minimum Gasteiger partial charge on any atom is -0.482 e. The fourth-order valence-corrected chi connectivity index (χ4v) is 2.00. The third-order valence-corrected chi connectivity index (χ3v) is 3.25. The normalized spacial score (nSPS) is 14.7. The SMILES string of the molecule is Clc1cnc(OCc2ccccc2)c(OC2CNC2)c1. The zero-order valence-electron chi connectivity index (χ0n) is 10.9. The number of pyridine rings is 1. The first kappa shape index (κ1) is 13.2. The van der Waals surface area contributed by atoms with Gasteiger partial charge in [0.25, 0.3) is 5.88 Å². The van der Waals surface area contributed by atoms with Crippen molar-refractivity contribution in [1.82, 2.24) is 10.3 Å². The molecule has 1 N–H and O–H groups in total. The Bertz CT molecular complexity index is 573. The number of aromatic nitrogens is 1. The van der Waals surface area contributed by atoms with Gasteiger partial charge in [-0.25, -0.2) is 4.98 Å². The molecule has 5 heteroatoms. The number of hydrogen-bond acceptors (Lipinski definition) is 4. The molecule has 1 aliphatic rings. The van der Waals surface area contributed by atoms with E-state index in [0.717, 1.165) is 18.7 Å². The fourth-order valence-electron chi connectivity index (χ4n) is 1.85. The average Bonchev–Trinajstić information content (AvgIpc) is 2.43. The summed E-state index contributed by atoms with van der Waals surface area (Å²) >= 11 is 5.96. The second-order valence-corrected chi connectivity index (χ2v) is 5.07. The number of benzene rings is 1. The van der Waals surface area contributed by atoms with Crippen molar-refractivity contribution in [1.29, 1.82) is 0 Å². The van der Waals surface area contributed by atoms with Crippen LogP contribution in [-0.2, 0) is 6.61 Å². The Labute approximate surface area is 122 Å². The van der Waals surface area contributed by atoms with Gasteiger partial charge in [0.1, 0.15) is 12.7 Å². The van der Waals surface area contributed by atoms with Gasteiger partial charge < -0.3 is 14.8 Å². The third kappa shape index (κ3) is 3.21. The molecule has 0 atom stereocenters. The molecule has 0 spiro atoms. The number of nitrogens with one attached hydrogen (secondary N) is 1. The molecular formula is C15H15ClN2O2. The lowest BCUT2D eigenvalue weighted by atomic mass is 10.2. The molecule has 0 saturated carbocycles. The minimum absolute atomic E-state index is 0.161. The summed E-state index contributed by atoms with van der Waals surface area (Å²) in [7, 11) is 0. The van der Waals surface area contributed by atoms with Gasteiger partial charge in [-0.2, -0.15) is 0 Å². The van der Waals surface area contributed by atoms with Crippen LogP contribution >= 0.6 is 11.6 Å². The summed E-state index contributed by atoms with van der Waals surface area (Å²) in [6, 6.07) is 11.7. The van der Waals surface area contributed by atoms with Crippen LogP contribution < -0.4 is 14.8 Å². The highest BCUT2D eigenvalue weighted by Crippen LogP contribution is 2.29. The van der Waals surface area contributed by atoms with E-state index in [0.29, 0.717) is 23.3 Å². The minimum atomic E-state index is 0.161. The topological polar surface area (TPSA) is 43.4 Å². The van der Waals surface area contributed by atoms with E-state index in [4.69, 9.17) is 21.1 Å². The second-order valence-electron chi connectivity index (χ2n) is 4.63. The summed E-state index contributed by atoms with van der Waals surface area (Å²) in [6.45, 7) is 2.13. The number of ether oxygens (including phenoxy) is 2. The quantitative estimate of drug-likeness (QED) is 0.919. The lowest BCUT2D eigenvalue weighted by Crippen LogP contribution is -2.50. The van der Waals surface area contributed by atoms with E-state index in [1.165, 1.54) is 0 Å². The Morgan fingerprint density at radius 2 is 2.05 bits per heavy atom. The van der Waals surface area contributed by atoms with Crippen LogP contribution in [0, 0.1) is 0 Å². The van der Waals surface area contributed by atoms with E-state index < -0.39 is 0 Å². The summed E-state index contributed by atoms with van der Waals surface area (Å²) in [5.41, 5.74) is 1.08. The third-order valence-electron chi connectivity index (χ3n) is 3.04. The molecule has 104 valence electrons. The van der Waals surface area contributed by atoms with Gasteiger partial charge >= 0.3 is 0 Å². The van der Waals surface area contributed by atoms with Crippen molar-refractivity contribution in [3.8, 4) is 11.6 Å². The van der Waals surface area contributed by atoms with E-state index in [-0.39, 0.29) is 6.10 Å². The molecule has 1 fully saturated rings. The van der Waals surface area contributed by atoms with Crippen molar-refractivity contribution in [2.75, 3.05) is 13.1 Å². The molecule has 3 rings (SSSR count). The van der Waals surface area contributed by atoms with E-state index in [1.54, 1.807) is 12.3 Å². The molecule has 0 radical (unpaired) electrons. The first-order valence-electron chi connectivity index (χ1n) is 6.51. The first-order valence-corrected chi connectivity index (χ1v) is 6.89.